The van der Waals surface area contributed by atoms with Crippen LogP contribution in [-0.2, 0) is 0 Å². The van der Waals surface area contributed by atoms with Crippen LogP contribution in [0.1, 0.15) is 15.9 Å². The number of nitrogens with zero attached hydrogens (tertiary/aromatic N) is 2. The van der Waals surface area contributed by atoms with Crippen molar-refractivity contribution in [3.8, 4) is 0 Å². The maximum atomic E-state index is 12.6. The summed E-state index contributed by atoms with van der Waals surface area (Å²) < 4.78 is 12.6. The molecule has 4 nitrogen and oxygen atoms in total. The minimum Gasteiger partial charge on any atom is -0.478 e. The summed E-state index contributed by atoms with van der Waals surface area (Å²) in [6.45, 7) is 1.73. The summed E-state index contributed by atoms with van der Waals surface area (Å²) >= 11 is 1.18. The summed E-state index contributed by atoms with van der Waals surface area (Å²) in [6.07, 6.45) is 2.14. The molecule has 1 aromatic heterocycles. The number of benzene rings is 1. The lowest BCUT2D eigenvalue weighted by Crippen LogP contribution is -1.99. The van der Waals surface area contributed by atoms with Crippen LogP contribution in [0.3, 0.4) is 0 Å². The number of aryl methyl sites for hydroxylation is 1. The fourth-order valence-electron chi connectivity index (χ4n) is 1.35. The summed E-state index contributed by atoms with van der Waals surface area (Å²) in [5.41, 5.74) is 0.925. The van der Waals surface area contributed by atoms with Crippen molar-refractivity contribution in [1.82, 2.24) is 9.97 Å². The zero-order valence-corrected chi connectivity index (χ0v) is 10.2. The van der Waals surface area contributed by atoms with Crippen LogP contribution in [0.5, 0.6) is 0 Å². The summed E-state index contributed by atoms with van der Waals surface area (Å²) in [7, 11) is 0. The van der Waals surface area contributed by atoms with E-state index in [0.29, 0.717) is 15.6 Å². The lowest BCUT2D eigenvalue weighted by Gasteiger charge is -2.04. The number of carboxylic acids is 1. The Morgan fingerprint density at radius 3 is 2.61 bits per heavy atom. The van der Waals surface area contributed by atoms with Crippen molar-refractivity contribution in [2.75, 3.05) is 0 Å². The fourth-order valence-corrected chi connectivity index (χ4v) is 2.09. The Kier molecular flexibility index (Phi) is 3.57. The van der Waals surface area contributed by atoms with Gasteiger partial charge in [-0.2, -0.15) is 0 Å². The van der Waals surface area contributed by atoms with Crippen molar-refractivity contribution < 1.29 is 14.3 Å². The zero-order valence-electron chi connectivity index (χ0n) is 9.42. The van der Waals surface area contributed by atoms with E-state index in [9.17, 15) is 9.18 Å². The second kappa shape index (κ2) is 5.14. The molecule has 6 heteroatoms. The Balaban J connectivity index is 2.27. The van der Waals surface area contributed by atoms with Gasteiger partial charge >= 0.3 is 5.97 Å². The van der Waals surface area contributed by atoms with E-state index in [1.54, 1.807) is 25.1 Å². The average molecular weight is 264 g/mol. The molecule has 0 atom stereocenters. The molecule has 0 unspecified atom stereocenters. The molecule has 0 amide bonds. The molecule has 0 saturated heterocycles. The van der Waals surface area contributed by atoms with Crippen molar-refractivity contribution in [2.45, 2.75) is 17.0 Å². The smallest absolute Gasteiger partial charge is 0.335 e. The van der Waals surface area contributed by atoms with Crippen molar-refractivity contribution >= 4 is 17.7 Å². The normalized spacial score (nSPS) is 10.3. The van der Waals surface area contributed by atoms with Gasteiger partial charge in [-0.25, -0.2) is 19.2 Å². The standard InChI is InChI=1S/C12H9FN2O2S/c1-7-2-3-9(4-10(7)11(16)17)18-12-14-5-8(13)6-15-12/h2-6H,1H3,(H,16,17). The van der Waals surface area contributed by atoms with Crippen LogP contribution >= 0.6 is 11.8 Å². The minimum absolute atomic E-state index is 0.238. The molecule has 1 heterocycles. The van der Waals surface area contributed by atoms with Crippen LogP contribution < -0.4 is 0 Å². The Morgan fingerprint density at radius 1 is 1.33 bits per heavy atom. The van der Waals surface area contributed by atoms with Crippen molar-refractivity contribution in [3.05, 3.63) is 47.5 Å². The molecule has 92 valence electrons. The first-order valence-electron chi connectivity index (χ1n) is 5.05. The third-order valence-corrected chi connectivity index (χ3v) is 3.13. The number of halogens is 1. The number of carboxylic acid groups (broad SMARTS) is 1. The van der Waals surface area contributed by atoms with Gasteiger partial charge in [0, 0.05) is 4.90 Å². The Morgan fingerprint density at radius 2 is 2.00 bits per heavy atom. The lowest BCUT2D eigenvalue weighted by atomic mass is 10.1. The number of rotatable bonds is 3. The highest BCUT2D eigenvalue weighted by Crippen LogP contribution is 2.26. The third kappa shape index (κ3) is 2.84. The number of hydrogen-bond acceptors (Lipinski definition) is 4. The van der Waals surface area contributed by atoms with Crippen molar-refractivity contribution in [1.29, 1.82) is 0 Å². The molecule has 0 spiro atoms. The molecular formula is C12H9FN2O2S. The van der Waals surface area contributed by atoms with Crippen molar-refractivity contribution in [3.63, 3.8) is 0 Å². The first-order chi connectivity index (χ1) is 8.56. The van der Waals surface area contributed by atoms with Gasteiger partial charge in [-0.15, -0.1) is 0 Å². The fraction of sp³-hybridized carbons (Fsp3) is 0.0833. The van der Waals surface area contributed by atoms with Crippen molar-refractivity contribution in [2.24, 2.45) is 0 Å². The molecule has 2 aromatic rings. The SMILES string of the molecule is Cc1ccc(Sc2ncc(F)cn2)cc1C(=O)O. The predicted octanol–water partition coefficient (Wildman–Crippen LogP) is 2.77. The maximum Gasteiger partial charge on any atom is 0.335 e. The van der Waals surface area contributed by atoms with E-state index in [0.717, 1.165) is 12.4 Å². The maximum absolute atomic E-state index is 12.6. The third-order valence-electron chi connectivity index (χ3n) is 2.25. The Labute approximate surface area is 107 Å². The van der Waals surface area contributed by atoms with Crippen LogP contribution in [0.4, 0.5) is 4.39 Å². The topological polar surface area (TPSA) is 63.1 Å². The monoisotopic (exact) mass is 264 g/mol. The molecule has 2 rings (SSSR count). The van der Waals surface area contributed by atoms with Gasteiger partial charge in [0.15, 0.2) is 11.0 Å². The van der Waals surface area contributed by atoms with Gasteiger partial charge in [-0.3, -0.25) is 0 Å². The van der Waals surface area contributed by atoms with Crippen LogP contribution in [0.25, 0.3) is 0 Å². The highest BCUT2D eigenvalue weighted by molar-refractivity contribution is 7.99. The predicted molar refractivity (Wildman–Crippen MR) is 64.3 cm³/mol. The molecule has 0 saturated carbocycles. The number of aromatic nitrogens is 2. The van der Waals surface area contributed by atoms with E-state index in [-0.39, 0.29) is 5.56 Å². The van der Waals surface area contributed by atoms with E-state index < -0.39 is 11.8 Å². The molecular weight excluding hydrogens is 255 g/mol. The highest BCUT2D eigenvalue weighted by Gasteiger charge is 2.09. The molecule has 1 N–H and O–H groups in total. The van der Waals surface area contributed by atoms with Gasteiger partial charge in [-0.05, 0) is 36.4 Å². The summed E-state index contributed by atoms with van der Waals surface area (Å²) in [4.78, 5) is 19.3. The largest absolute Gasteiger partial charge is 0.478 e. The van der Waals surface area contributed by atoms with E-state index in [1.165, 1.54) is 11.8 Å². The summed E-state index contributed by atoms with van der Waals surface area (Å²) in [5, 5.41) is 9.37. The zero-order chi connectivity index (χ0) is 13.1. The minimum atomic E-state index is -0.977. The molecule has 18 heavy (non-hydrogen) atoms. The van der Waals surface area contributed by atoms with Crippen LogP contribution in [0.15, 0.2) is 40.6 Å². The van der Waals surface area contributed by atoms with Crippen LogP contribution in [-0.4, -0.2) is 21.0 Å². The lowest BCUT2D eigenvalue weighted by molar-refractivity contribution is 0.0696. The second-order valence-corrected chi connectivity index (χ2v) is 4.61. The van der Waals surface area contributed by atoms with E-state index in [4.69, 9.17) is 5.11 Å². The quantitative estimate of drug-likeness (QED) is 0.864. The number of hydrogen-bond donors (Lipinski definition) is 1. The first kappa shape index (κ1) is 12.5. The summed E-state index contributed by atoms with van der Waals surface area (Å²) in [5.74, 6) is -1.48. The van der Waals surface area contributed by atoms with E-state index in [1.807, 2.05) is 0 Å². The molecule has 0 aliphatic heterocycles. The highest BCUT2D eigenvalue weighted by atomic mass is 32.2. The number of aromatic carboxylic acids is 1. The Bertz CT molecular complexity index is 587. The Hall–Kier alpha value is -1.95. The molecule has 0 aliphatic carbocycles. The van der Waals surface area contributed by atoms with Crippen LogP contribution in [0.2, 0.25) is 0 Å². The summed E-state index contributed by atoms with van der Waals surface area (Å²) in [6, 6.07) is 5.05. The van der Waals surface area contributed by atoms with Gasteiger partial charge < -0.3 is 5.11 Å². The molecule has 0 aliphatic rings. The van der Waals surface area contributed by atoms with Gasteiger partial charge in [0.25, 0.3) is 0 Å². The van der Waals surface area contributed by atoms with E-state index >= 15 is 0 Å². The molecule has 0 bridgehead atoms. The van der Waals surface area contributed by atoms with Gasteiger partial charge in [0.1, 0.15) is 0 Å². The first-order valence-corrected chi connectivity index (χ1v) is 5.87. The van der Waals surface area contributed by atoms with Gasteiger partial charge in [0.05, 0.1) is 18.0 Å². The van der Waals surface area contributed by atoms with Crippen LogP contribution in [0, 0.1) is 12.7 Å². The molecule has 1 aromatic carbocycles. The van der Waals surface area contributed by atoms with Gasteiger partial charge in [0.2, 0.25) is 0 Å². The van der Waals surface area contributed by atoms with Gasteiger partial charge in [-0.1, -0.05) is 6.07 Å². The second-order valence-electron chi connectivity index (χ2n) is 3.57. The average Bonchev–Trinajstić information content (AvgIpc) is 2.34. The molecule has 0 radical (unpaired) electrons. The number of carbonyl (C=O) groups is 1. The van der Waals surface area contributed by atoms with E-state index in [2.05, 4.69) is 9.97 Å². The molecule has 0 fully saturated rings.